The number of fused-ring (bicyclic) bond motifs is 19. The minimum absolute atomic E-state index is 0.00791. The summed E-state index contributed by atoms with van der Waals surface area (Å²) < 4.78 is 171. The van der Waals surface area contributed by atoms with Gasteiger partial charge in [0.1, 0.15) is 45.7 Å². The first kappa shape index (κ1) is 49.9. The van der Waals surface area contributed by atoms with E-state index in [4.69, 9.17) is 42.3 Å². The lowest BCUT2D eigenvalue weighted by atomic mass is 9.87. The Morgan fingerprint density at radius 3 is 1.84 bits per heavy atom. The first-order valence-corrected chi connectivity index (χ1v) is 29.1. The molecule has 11 rings (SSSR count). The van der Waals surface area contributed by atoms with Gasteiger partial charge in [-0.05, 0) is 66.2 Å². The van der Waals surface area contributed by atoms with Crippen molar-refractivity contribution in [2.45, 2.75) is 16.0 Å². The molecule has 11 N–H and O–H groups in total. The van der Waals surface area contributed by atoms with Gasteiger partial charge < -0.3 is 26.7 Å². The van der Waals surface area contributed by atoms with Gasteiger partial charge in [0.2, 0.25) is 17.2 Å². The van der Waals surface area contributed by atoms with Gasteiger partial charge in [0.25, 0.3) is 50.5 Å². The van der Waals surface area contributed by atoms with Crippen LogP contribution in [0.4, 0.5) is 34.9 Å². The van der Waals surface area contributed by atoms with E-state index >= 15 is 0 Å². The molecule has 2 fully saturated rings. The van der Waals surface area contributed by atoms with Crippen molar-refractivity contribution in [2.75, 3.05) is 15.8 Å². The number of anilines is 4. The number of rotatable bonds is 9. The molecule has 0 radical (unpaired) electrons. The summed E-state index contributed by atoms with van der Waals surface area (Å²) in [5.74, 6) is -5.75. The number of nitrogens with zero attached hydrogens (tertiary/aromatic N) is 8. The second-order valence-electron chi connectivity index (χ2n) is 17.3. The molecular weight excluding hydrogens is 1110 g/mol. The Morgan fingerprint density at radius 2 is 1.19 bits per heavy atom. The summed E-state index contributed by atoms with van der Waals surface area (Å²) >= 11 is 5.90. The monoisotopic (exact) mass is 1140 g/mol. The van der Waals surface area contributed by atoms with Crippen LogP contribution in [0.15, 0.2) is 141 Å². The molecule has 3 aliphatic carbocycles. The Morgan fingerprint density at radius 1 is 0.587 bits per heavy atom. The van der Waals surface area contributed by atoms with Gasteiger partial charge in [0.05, 0.1) is 31.2 Å². The van der Waals surface area contributed by atoms with Gasteiger partial charge in [-0.25, -0.2) is 33.4 Å². The van der Waals surface area contributed by atoms with E-state index in [0.717, 1.165) is 36.4 Å². The number of hydrogen-bond donors (Lipinski definition) is 10. The lowest BCUT2D eigenvalue weighted by Crippen LogP contribution is -2.29. The van der Waals surface area contributed by atoms with Crippen molar-refractivity contribution < 1.29 is 60.3 Å². The van der Waals surface area contributed by atoms with Crippen LogP contribution in [0.25, 0.3) is 10.8 Å². The van der Waals surface area contributed by atoms with Gasteiger partial charge in [-0.3, -0.25) is 22.9 Å². The lowest BCUT2D eigenvalue weighted by Gasteiger charge is -2.22. The number of amidine groups is 5. The molecule has 2 aromatic heterocycles. The summed E-state index contributed by atoms with van der Waals surface area (Å²) in [6.07, 6.45) is 10.4. The van der Waals surface area contributed by atoms with Crippen LogP contribution in [0, 0.1) is 35.5 Å². The summed E-state index contributed by atoms with van der Waals surface area (Å²) in [6, 6.07) is 6.73. The molecule has 28 nitrogen and oxygen atoms in total. The molecule has 7 atom stereocenters. The maximum Gasteiger partial charge on any atom is 0.296 e. The number of nitrogens with two attached hydrogens (primary N) is 1. The van der Waals surface area contributed by atoms with E-state index in [1.54, 1.807) is 0 Å². The minimum atomic E-state index is -5.08. The predicted octanol–water partition coefficient (Wildman–Crippen LogP) is 2.92. The Balaban J connectivity index is 1.07. The van der Waals surface area contributed by atoms with E-state index in [-0.39, 0.29) is 74.5 Å². The second-order valence-corrected chi connectivity index (χ2v) is 25.0. The Hall–Kier alpha value is -7.34. The van der Waals surface area contributed by atoms with E-state index in [1.165, 1.54) is 54.7 Å². The number of halogens is 1. The lowest BCUT2D eigenvalue weighted by molar-refractivity contribution is 0.481. The van der Waals surface area contributed by atoms with Gasteiger partial charge in [-0.2, -0.15) is 48.6 Å². The Kier molecular flexibility index (Phi) is 11.5. The highest BCUT2D eigenvalue weighted by atomic mass is 35.5. The zero-order chi connectivity index (χ0) is 53.3. The number of nitrogen functional groups attached to an aromatic ring is 1. The topological polar surface area (TPSA) is 442 Å². The highest BCUT2D eigenvalue weighted by molar-refractivity contribution is 7.96. The van der Waals surface area contributed by atoms with Crippen LogP contribution >= 0.6 is 11.6 Å². The number of hydrogen-bond acceptors (Lipinski definition) is 22. The van der Waals surface area contributed by atoms with Gasteiger partial charge >= 0.3 is 0 Å². The number of sulfonamides is 1. The average Bonchev–Trinajstić information content (AvgIpc) is 4.05. The molecule has 2 aromatic carbocycles. The molecule has 0 saturated carbocycles. The van der Waals surface area contributed by atoms with E-state index in [0.29, 0.717) is 0 Å². The normalized spacial score (nSPS) is 24.9. The smallest absolute Gasteiger partial charge is 0.296 e. The zero-order valence-electron chi connectivity index (χ0n) is 37.1. The molecule has 388 valence electrons. The minimum Gasteiger partial charge on any atom is -0.368 e. The fourth-order valence-corrected chi connectivity index (χ4v) is 12.9. The molecule has 0 spiro atoms. The van der Waals surface area contributed by atoms with Gasteiger partial charge in [0, 0.05) is 46.0 Å². The van der Waals surface area contributed by atoms with Crippen LogP contribution in [0.1, 0.15) is 0 Å². The standard InChI is InChI=1S/C41H33ClN14O14S5/c42-39-53-40(43)55-41(54-39)44-16-1-10-30(75(68,69)70)29(11-16)56-71(57,58)17-2-6-21-25(12-17)35-46-31(21)45-32-22-7-3-18(72(59,60)61)13-26(22)36(47-32)49-34-24-9-5-20(74(65,66)67)15-28(24)38(51-34)52-37-27-14-19(73(62,63)64)4-8-23(27)33(48-35)50-37/h1-15,21,23-25,27-28,33,47,56H,(H,45,46,48)(H,59,60,61)(H,62,63,64)(H,65,66,67)(H,68,69,70)(H,49,50,51,52)(H3,43,44,53,54,55). The van der Waals surface area contributed by atoms with Crippen LogP contribution in [0.3, 0.4) is 0 Å². The molecule has 4 aromatic rings. The molecule has 6 heterocycles. The fraction of sp³-hybridized carbons (Fsp3) is 0.171. The van der Waals surface area contributed by atoms with Gasteiger partial charge in [0.15, 0.2) is 6.17 Å². The quantitative estimate of drug-likeness (QED) is 0.108. The van der Waals surface area contributed by atoms with E-state index < -0.39 is 122 Å². The van der Waals surface area contributed by atoms with Crippen molar-refractivity contribution in [3.8, 4) is 0 Å². The molecule has 2 saturated heterocycles. The highest BCUT2D eigenvalue weighted by Gasteiger charge is 2.46. The van der Waals surface area contributed by atoms with Crippen molar-refractivity contribution in [1.29, 1.82) is 0 Å². The molecule has 0 amide bonds. The first-order chi connectivity index (χ1) is 35.2. The number of aromatic amines is 1. The van der Waals surface area contributed by atoms with Gasteiger partial charge in [-0.1, -0.05) is 36.5 Å². The summed E-state index contributed by atoms with van der Waals surface area (Å²) in [7, 11) is -24.2. The van der Waals surface area contributed by atoms with Crippen LogP contribution in [0.5, 0.6) is 0 Å². The van der Waals surface area contributed by atoms with Crippen LogP contribution in [-0.2, 0) is 50.5 Å². The first-order valence-electron chi connectivity index (χ1n) is 21.5. The number of aromatic nitrogens is 4. The maximum atomic E-state index is 14.4. The molecule has 34 heteroatoms. The highest BCUT2D eigenvalue weighted by Crippen LogP contribution is 2.43. The number of benzene rings is 2. The van der Waals surface area contributed by atoms with E-state index in [1.807, 2.05) is 0 Å². The SMILES string of the molecule is Nc1nc(Cl)nc(Nc2ccc(S(=O)(=O)O)c(NS(=O)(=O)C3=CC4C5=NC6N=C(N=C7NC(=Nc8[nH]c(c9ccc(S(=O)(=O)O)cc89)N=C(N5)C4C=C3)C3C=CC(S(=O)(=O)O)=CC73)C3C=C(S(=O)(=O)O)C=CC63)c2)n1. The third-order valence-corrected chi connectivity index (χ3v) is 17.7. The zero-order valence-corrected chi connectivity index (χ0v) is 42.0. The molecule has 4 aliphatic heterocycles. The van der Waals surface area contributed by atoms with E-state index in [9.17, 15) is 60.3 Å². The Bertz CT molecular complexity index is 4220. The summed E-state index contributed by atoms with van der Waals surface area (Å²) in [5.41, 5.74) is 5.05. The van der Waals surface area contributed by atoms with Crippen molar-refractivity contribution in [2.24, 2.45) is 60.5 Å². The molecule has 7 unspecified atom stereocenters. The number of aliphatic imine (C=N–C) groups is 5. The van der Waals surface area contributed by atoms with Gasteiger partial charge in [-0.15, -0.1) is 0 Å². The third-order valence-electron chi connectivity index (χ3n) is 12.6. The van der Waals surface area contributed by atoms with Crippen LogP contribution < -0.4 is 26.4 Å². The summed E-state index contributed by atoms with van der Waals surface area (Å²) in [5, 5.41) is 9.03. The van der Waals surface area contributed by atoms with Crippen LogP contribution in [-0.4, -0.2) is 116 Å². The largest absolute Gasteiger partial charge is 0.368 e. The number of H-pyrrole nitrogens is 1. The van der Waals surface area contributed by atoms with Crippen molar-refractivity contribution >= 4 is 137 Å². The molecule has 75 heavy (non-hydrogen) atoms. The second kappa shape index (κ2) is 17.4. The third kappa shape index (κ3) is 9.35. The summed E-state index contributed by atoms with van der Waals surface area (Å²) in [4.78, 5) is 35.9. The maximum absolute atomic E-state index is 14.4. The summed E-state index contributed by atoms with van der Waals surface area (Å²) in [6.45, 7) is 0. The molecule has 8 bridgehead atoms. The average molecular weight is 1140 g/mol. The van der Waals surface area contributed by atoms with Crippen LogP contribution in [0.2, 0.25) is 5.28 Å². The van der Waals surface area contributed by atoms with E-state index in [2.05, 4.69) is 40.6 Å². The van der Waals surface area contributed by atoms with Crippen molar-refractivity contribution in [1.82, 2.24) is 30.6 Å². The molecular formula is C41H33ClN14O14S5. The van der Waals surface area contributed by atoms with Crippen molar-refractivity contribution in [3.05, 3.63) is 111 Å². The number of allylic oxidation sites excluding steroid dienone is 3. The Labute approximate surface area is 428 Å². The van der Waals surface area contributed by atoms with Crippen molar-refractivity contribution in [3.63, 3.8) is 0 Å². The fourth-order valence-electron chi connectivity index (χ4n) is 9.28. The number of nitrogens with one attached hydrogen (secondary N) is 5. The predicted molar refractivity (Wildman–Crippen MR) is 272 cm³/mol. The molecule has 7 aliphatic rings.